The summed E-state index contributed by atoms with van der Waals surface area (Å²) in [6, 6.07) is 3.54. The van der Waals surface area contributed by atoms with Crippen molar-refractivity contribution >= 4 is 0 Å². The van der Waals surface area contributed by atoms with Crippen LogP contribution in [0.25, 0.3) is 0 Å². The van der Waals surface area contributed by atoms with Crippen LogP contribution in [0.3, 0.4) is 0 Å². The highest BCUT2D eigenvalue weighted by Crippen LogP contribution is 2.44. The molecule has 1 heterocycles. The van der Waals surface area contributed by atoms with E-state index >= 15 is 0 Å². The lowest BCUT2D eigenvalue weighted by atomic mass is 9.70. The molecule has 0 bridgehead atoms. The standard InChI is InChI=1S/C29H44F2O/c1-3-4-5-6-21-8-10-24(11-9-21)27-18-16-25(19-32-27)22-12-14-23(15-13-22)26-17-7-20(2)28(30)29(26)31/h7,17,21-25,27H,3-6,8-16,18-19H2,1-2H3. The number of aryl methyl sites for hydroxylation is 1. The van der Waals surface area contributed by atoms with Crippen molar-refractivity contribution in [2.24, 2.45) is 23.7 Å². The molecular formula is C29H44F2O. The Morgan fingerprint density at radius 3 is 2.12 bits per heavy atom. The van der Waals surface area contributed by atoms with Gasteiger partial charge < -0.3 is 4.74 Å². The highest BCUT2D eigenvalue weighted by atomic mass is 19.2. The fourth-order valence-electron chi connectivity index (χ4n) is 6.95. The number of benzene rings is 1. The molecule has 1 aliphatic heterocycles. The number of ether oxygens (including phenoxy) is 1. The Morgan fingerprint density at radius 1 is 0.781 bits per heavy atom. The minimum Gasteiger partial charge on any atom is -0.378 e. The first-order valence-electron chi connectivity index (χ1n) is 13.6. The van der Waals surface area contributed by atoms with E-state index in [0.29, 0.717) is 29.1 Å². The van der Waals surface area contributed by atoms with Crippen molar-refractivity contribution in [2.45, 2.75) is 116 Å². The molecule has 0 amide bonds. The Bertz CT molecular complexity index is 708. The van der Waals surface area contributed by atoms with Crippen molar-refractivity contribution in [3.05, 3.63) is 34.9 Å². The van der Waals surface area contributed by atoms with Crippen LogP contribution in [-0.4, -0.2) is 12.7 Å². The van der Waals surface area contributed by atoms with Crippen LogP contribution in [0.5, 0.6) is 0 Å². The van der Waals surface area contributed by atoms with E-state index in [2.05, 4.69) is 6.92 Å². The smallest absolute Gasteiger partial charge is 0.162 e. The third-order valence-electron chi connectivity index (χ3n) is 9.16. The molecule has 2 atom stereocenters. The van der Waals surface area contributed by atoms with Gasteiger partial charge in [0.05, 0.1) is 12.7 Å². The molecule has 3 heteroatoms. The van der Waals surface area contributed by atoms with Crippen molar-refractivity contribution in [1.29, 1.82) is 0 Å². The van der Waals surface area contributed by atoms with Crippen LogP contribution in [-0.2, 0) is 4.74 Å². The van der Waals surface area contributed by atoms with Crippen LogP contribution in [0.4, 0.5) is 8.78 Å². The zero-order chi connectivity index (χ0) is 22.5. The monoisotopic (exact) mass is 446 g/mol. The third-order valence-corrected chi connectivity index (χ3v) is 9.16. The Balaban J connectivity index is 1.19. The van der Waals surface area contributed by atoms with Gasteiger partial charge in [0.25, 0.3) is 0 Å². The van der Waals surface area contributed by atoms with E-state index in [0.717, 1.165) is 44.1 Å². The maximum atomic E-state index is 14.4. The van der Waals surface area contributed by atoms with Gasteiger partial charge in [-0.15, -0.1) is 0 Å². The Labute approximate surface area is 194 Å². The molecule has 1 aromatic rings. The minimum atomic E-state index is -0.661. The van der Waals surface area contributed by atoms with Crippen molar-refractivity contribution in [1.82, 2.24) is 0 Å². The SMILES string of the molecule is CCCCCC1CCC(C2CCC(C3CCC(c4ccc(C)c(F)c4F)CC3)CO2)CC1. The first-order valence-corrected chi connectivity index (χ1v) is 13.6. The van der Waals surface area contributed by atoms with Gasteiger partial charge in [-0.1, -0.05) is 57.6 Å². The summed E-state index contributed by atoms with van der Waals surface area (Å²) >= 11 is 0. The molecule has 2 unspecified atom stereocenters. The van der Waals surface area contributed by atoms with E-state index < -0.39 is 11.6 Å². The van der Waals surface area contributed by atoms with Gasteiger partial charge in [0.2, 0.25) is 0 Å². The predicted molar refractivity (Wildman–Crippen MR) is 128 cm³/mol. The molecule has 2 saturated carbocycles. The summed E-state index contributed by atoms with van der Waals surface area (Å²) in [5, 5.41) is 0. The highest BCUT2D eigenvalue weighted by molar-refractivity contribution is 5.28. The van der Waals surface area contributed by atoms with Gasteiger partial charge in [0, 0.05) is 0 Å². The van der Waals surface area contributed by atoms with E-state index in [9.17, 15) is 8.78 Å². The lowest BCUT2D eigenvalue weighted by Crippen LogP contribution is -2.37. The van der Waals surface area contributed by atoms with Gasteiger partial charge in [-0.3, -0.25) is 0 Å². The maximum Gasteiger partial charge on any atom is 0.162 e. The fourth-order valence-corrected chi connectivity index (χ4v) is 6.95. The van der Waals surface area contributed by atoms with Gasteiger partial charge in [-0.2, -0.15) is 0 Å². The van der Waals surface area contributed by atoms with E-state index in [-0.39, 0.29) is 5.92 Å². The second kappa shape index (κ2) is 11.4. The summed E-state index contributed by atoms with van der Waals surface area (Å²) in [5.74, 6) is 2.01. The minimum absolute atomic E-state index is 0.172. The normalized spacial score (nSPS) is 33.9. The molecule has 1 nitrogen and oxygen atoms in total. The Kier molecular flexibility index (Phi) is 8.65. The topological polar surface area (TPSA) is 9.23 Å². The molecule has 0 N–H and O–H groups in total. The first-order chi connectivity index (χ1) is 15.6. The summed E-state index contributed by atoms with van der Waals surface area (Å²) in [4.78, 5) is 0. The number of rotatable bonds is 7. The molecule has 1 saturated heterocycles. The van der Waals surface area contributed by atoms with Crippen molar-refractivity contribution in [3.63, 3.8) is 0 Å². The molecule has 180 valence electrons. The van der Waals surface area contributed by atoms with Crippen LogP contribution in [0.2, 0.25) is 0 Å². The Hall–Kier alpha value is -0.960. The van der Waals surface area contributed by atoms with Gasteiger partial charge in [-0.05, 0) is 99.0 Å². The van der Waals surface area contributed by atoms with E-state index in [1.54, 1.807) is 13.0 Å². The molecule has 0 spiro atoms. The number of hydrogen-bond acceptors (Lipinski definition) is 1. The van der Waals surface area contributed by atoms with Crippen LogP contribution < -0.4 is 0 Å². The quantitative estimate of drug-likeness (QED) is 0.380. The van der Waals surface area contributed by atoms with Gasteiger partial charge in [0.15, 0.2) is 11.6 Å². The van der Waals surface area contributed by atoms with Gasteiger partial charge in [-0.25, -0.2) is 8.78 Å². The summed E-state index contributed by atoms with van der Waals surface area (Å²) in [7, 11) is 0. The lowest BCUT2D eigenvalue weighted by Gasteiger charge is -2.41. The van der Waals surface area contributed by atoms with Crippen molar-refractivity contribution < 1.29 is 13.5 Å². The van der Waals surface area contributed by atoms with Crippen LogP contribution in [0.1, 0.15) is 114 Å². The number of halogens is 2. The molecule has 32 heavy (non-hydrogen) atoms. The molecular weight excluding hydrogens is 402 g/mol. The van der Waals surface area contributed by atoms with Crippen molar-refractivity contribution in [3.8, 4) is 0 Å². The third kappa shape index (κ3) is 5.75. The molecule has 1 aromatic carbocycles. The molecule has 0 radical (unpaired) electrons. The van der Waals surface area contributed by atoms with E-state index in [1.807, 2.05) is 6.07 Å². The first kappa shape index (κ1) is 24.2. The van der Waals surface area contributed by atoms with Crippen LogP contribution >= 0.6 is 0 Å². The molecule has 3 aliphatic rings. The summed E-state index contributed by atoms with van der Waals surface area (Å²) in [6.07, 6.45) is 18.4. The van der Waals surface area contributed by atoms with E-state index in [1.165, 1.54) is 64.2 Å². The second-order valence-corrected chi connectivity index (χ2v) is 11.2. The average Bonchev–Trinajstić information content (AvgIpc) is 2.84. The summed E-state index contributed by atoms with van der Waals surface area (Å²) in [6.45, 7) is 4.85. The summed E-state index contributed by atoms with van der Waals surface area (Å²) < 4.78 is 34.9. The van der Waals surface area contributed by atoms with E-state index in [4.69, 9.17) is 4.74 Å². The summed E-state index contributed by atoms with van der Waals surface area (Å²) in [5.41, 5.74) is 0.996. The Morgan fingerprint density at radius 2 is 1.47 bits per heavy atom. The molecule has 0 aromatic heterocycles. The maximum absolute atomic E-state index is 14.4. The predicted octanol–water partition coefficient (Wildman–Crippen LogP) is 8.73. The fraction of sp³-hybridized carbons (Fsp3) is 0.793. The van der Waals surface area contributed by atoms with Crippen LogP contribution in [0, 0.1) is 42.2 Å². The molecule has 4 rings (SSSR count). The average molecular weight is 447 g/mol. The lowest BCUT2D eigenvalue weighted by molar-refractivity contribution is -0.0733. The van der Waals surface area contributed by atoms with Crippen molar-refractivity contribution in [2.75, 3.05) is 6.61 Å². The number of hydrogen-bond donors (Lipinski definition) is 0. The highest BCUT2D eigenvalue weighted by Gasteiger charge is 2.36. The largest absolute Gasteiger partial charge is 0.378 e. The van der Waals surface area contributed by atoms with Gasteiger partial charge >= 0.3 is 0 Å². The number of unbranched alkanes of at least 4 members (excludes halogenated alkanes) is 2. The molecule has 3 fully saturated rings. The van der Waals surface area contributed by atoms with Gasteiger partial charge in [0.1, 0.15) is 0 Å². The molecule has 2 aliphatic carbocycles. The van der Waals surface area contributed by atoms with Crippen LogP contribution in [0.15, 0.2) is 12.1 Å². The zero-order valence-corrected chi connectivity index (χ0v) is 20.4. The second-order valence-electron chi connectivity index (χ2n) is 11.2. The zero-order valence-electron chi connectivity index (χ0n) is 20.4.